The lowest BCUT2D eigenvalue weighted by atomic mass is 10.2. The Morgan fingerprint density at radius 2 is 2.00 bits per heavy atom. The second kappa shape index (κ2) is 5.44. The summed E-state index contributed by atoms with van der Waals surface area (Å²) < 4.78 is 29.6. The van der Waals surface area contributed by atoms with Gasteiger partial charge < -0.3 is 4.74 Å². The molecule has 4 heteroatoms. The van der Waals surface area contributed by atoms with Gasteiger partial charge in [0.05, 0.1) is 12.2 Å². The van der Waals surface area contributed by atoms with E-state index in [1.165, 1.54) is 31.2 Å². The number of benzene rings is 1. The quantitative estimate of drug-likeness (QED) is 0.720. The van der Waals surface area contributed by atoms with Gasteiger partial charge in [0.15, 0.2) is 0 Å². The third-order valence-electron chi connectivity index (χ3n) is 1.83. The molecule has 0 aromatic heterocycles. The van der Waals surface area contributed by atoms with E-state index >= 15 is 0 Å². The number of hydrogen-bond acceptors (Lipinski definition) is 2. The van der Waals surface area contributed by atoms with E-state index < -0.39 is 18.0 Å². The zero-order chi connectivity index (χ0) is 11.3. The summed E-state index contributed by atoms with van der Waals surface area (Å²) in [4.78, 5) is 11.3. The third-order valence-corrected chi connectivity index (χ3v) is 1.83. The van der Waals surface area contributed by atoms with Crippen LogP contribution in [0.15, 0.2) is 24.3 Å². The van der Waals surface area contributed by atoms with Gasteiger partial charge in [-0.25, -0.2) is 13.6 Å². The number of ether oxygens (including phenoxy) is 1. The van der Waals surface area contributed by atoms with Crippen LogP contribution in [0.3, 0.4) is 0 Å². The summed E-state index contributed by atoms with van der Waals surface area (Å²) in [5.74, 6) is -0.973. The Morgan fingerprint density at radius 1 is 1.40 bits per heavy atom. The van der Waals surface area contributed by atoms with Crippen LogP contribution in [-0.4, -0.2) is 18.7 Å². The molecule has 1 aromatic rings. The number of alkyl halides is 1. The Hall–Kier alpha value is -1.45. The van der Waals surface area contributed by atoms with Crippen molar-refractivity contribution in [2.45, 2.75) is 19.5 Å². The number of esters is 1. The minimum atomic E-state index is -0.994. The maximum Gasteiger partial charge on any atom is 0.338 e. The minimum absolute atomic E-state index is 0.0356. The van der Waals surface area contributed by atoms with Crippen LogP contribution in [0.4, 0.5) is 8.78 Å². The highest BCUT2D eigenvalue weighted by atomic mass is 19.1. The van der Waals surface area contributed by atoms with E-state index in [1.54, 1.807) is 0 Å². The largest absolute Gasteiger partial charge is 0.462 e. The van der Waals surface area contributed by atoms with Gasteiger partial charge in [0.1, 0.15) is 12.0 Å². The summed E-state index contributed by atoms with van der Waals surface area (Å²) in [6.07, 6.45) is -0.821. The average molecular weight is 214 g/mol. The Balaban J connectivity index is 2.43. The van der Waals surface area contributed by atoms with Crippen molar-refractivity contribution in [3.8, 4) is 0 Å². The zero-order valence-electron chi connectivity index (χ0n) is 8.37. The first kappa shape index (κ1) is 11.6. The fraction of sp³-hybridized carbons (Fsp3) is 0.364. The fourth-order valence-electron chi connectivity index (χ4n) is 0.983. The van der Waals surface area contributed by atoms with E-state index in [0.29, 0.717) is 0 Å². The fourth-order valence-corrected chi connectivity index (χ4v) is 0.983. The van der Waals surface area contributed by atoms with Gasteiger partial charge in [-0.1, -0.05) is 0 Å². The molecule has 0 bridgehead atoms. The lowest BCUT2D eigenvalue weighted by molar-refractivity contribution is 0.0477. The first-order chi connectivity index (χ1) is 7.09. The number of carbonyl (C=O) groups is 1. The minimum Gasteiger partial charge on any atom is -0.462 e. The smallest absolute Gasteiger partial charge is 0.338 e. The van der Waals surface area contributed by atoms with Gasteiger partial charge in [-0.15, -0.1) is 0 Å². The highest BCUT2D eigenvalue weighted by molar-refractivity contribution is 5.89. The van der Waals surface area contributed by atoms with E-state index in [0.717, 1.165) is 0 Å². The molecule has 15 heavy (non-hydrogen) atoms. The second-order valence-corrected chi connectivity index (χ2v) is 3.21. The molecule has 1 rings (SSSR count). The van der Waals surface area contributed by atoms with E-state index in [2.05, 4.69) is 0 Å². The second-order valence-electron chi connectivity index (χ2n) is 3.21. The Kier molecular flexibility index (Phi) is 4.21. The monoisotopic (exact) mass is 214 g/mol. The molecular weight excluding hydrogens is 202 g/mol. The van der Waals surface area contributed by atoms with E-state index in [4.69, 9.17) is 4.74 Å². The predicted octanol–water partition coefficient (Wildman–Crippen LogP) is 2.73. The predicted molar refractivity (Wildman–Crippen MR) is 51.9 cm³/mol. The van der Waals surface area contributed by atoms with Crippen molar-refractivity contribution in [2.24, 2.45) is 0 Å². The van der Waals surface area contributed by atoms with Crippen LogP contribution in [0.25, 0.3) is 0 Å². The van der Waals surface area contributed by atoms with Gasteiger partial charge in [0, 0.05) is 6.42 Å². The standard InChI is InChI=1S/C11H12F2O2/c1-8(12)6-7-15-11(14)9-2-4-10(13)5-3-9/h2-5,8H,6-7H2,1H3. The van der Waals surface area contributed by atoms with Gasteiger partial charge in [-0.3, -0.25) is 0 Å². The molecule has 0 spiro atoms. The number of carbonyl (C=O) groups excluding carboxylic acids is 1. The number of rotatable bonds is 4. The third kappa shape index (κ3) is 4.06. The molecule has 0 aliphatic rings. The molecule has 0 aliphatic heterocycles. The van der Waals surface area contributed by atoms with Crippen molar-refractivity contribution in [1.29, 1.82) is 0 Å². The molecule has 1 atom stereocenters. The SMILES string of the molecule is CC(F)CCOC(=O)c1ccc(F)cc1. The first-order valence-corrected chi connectivity index (χ1v) is 4.66. The molecule has 0 amide bonds. The van der Waals surface area contributed by atoms with Crippen molar-refractivity contribution in [1.82, 2.24) is 0 Å². The topological polar surface area (TPSA) is 26.3 Å². The van der Waals surface area contributed by atoms with Gasteiger partial charge in [-0.2, -0.15) is 0 Å². The van der Waals surface area contributed by atoms with Gasteiger partial charge >= 0.3 is 5.97 Å². The molecule has 0 aliphatic carbocycles. The van der Waals surface area contributed by atoms with Crippen molar-refractivity contribution in [3.63, 3.8) is 0 Å². The molecule has 0 fully saturated rings. The highest BCUT2D eigenvalue weighted by Crippen LogP contribution is 2.05. The van der Waals surface area contributed by atoms with Crippen molar-refractivity contribution < 1.29 is 18.3 Å². The number of hydrogen-bond donors (Lipinski definition) is 0. The maximum absolute atomic E-state index is 12.5. The maximum atomic E-state index is 12.5. The van der Waals surface area contributed by atoms with Crippen molar-refractivity contribution >= 4 is 5.97 Å². The van der Waals surface area contributed by atoms with Crippen LogP contribution in [0.1, 0.15) is 23.7 Å². The molecule has 0 radical (unpaired) electrons. The average Bonchev–Trinajstić information content (AvgIpc) is 2.18. The molecule has 82 valence electrons. The summed E-state index contributed by atoms with van der Waals surface area (Å²) in [7, 11) is 0. The summed E-state index contributed by atoms with van der Waals surface area (Å²) in [5.41, 5.74) is 0.267. The summed E-state index contributed by atoms with van der Waals surface area (Å²) >= 11 is 0. The summed E-state index contributed by atoms with van der Waals surface area (Å²) in [6.45, 7) is 1.43. The Morgan fingerprint density at radius 3 is 2.53 bits per heavy atom. The highest BCUT2D eigenvalue weighted by Gasteiger charge is 2.07. The van der Waals surface area contributed by atoms with E-state index in [-0.39, 0.29) is 18.6 Å². The molecule has 0 saturated carbocycles. The van der Waals surface area contributed by atoms with Crippen LogP contribution in [-0.2, 0) is 4.74 Å². The summed E-state index contributed by atoms with van der Waals surface area (Å²) in [6, 6.07) is 5.01. The van der Waals surface area contributed by atoms with Crippen molar-refractivity contribution in [3.05, 3.63) is 35.6 Å². The normalized spacial score (nSPS) is 12.2. The van der Waals surface area contributed by atoms with Crippen LogP contribution >= 0.6 is 0 Å². The molecule has 0 N–H and O–H groups in total. The van der Waals surface area contributed by atoms with Gasteiger partial charge in [-0.05, 0) is 31.2 Å². The lowest BCUT2D eigenvalue weighted by Gasteiger charge is -2.04. The van der Waals surface area contributed by atoms with Crippen LogP contribution < -0.4 is 0 Å². The lowest BCUT2D eigenvalue weighted by Crippen LogP contribution is -2.09. The van der Waals surface area contributed by atoms with E-state index in [1.807, 2.05) is 0 Å². The molecule has 0 heterocycles. The zero-order valence-corrected chi connectivity index (χ0v) is 8.37. The Labute approximate surface area is 86.9 Å². The molecular formula is C11H12F2O2. The van der Waals surface area contributed by atoms with Gasteiger partial charge in [0.2, 0.25) is 0 Å². The van der Waals surface area contributed by atoms with E-state index in [9.17, 15) is 13.6 Å². The van der Waals surface area contributed by atoms with Crippen LogP contribution in [0.5, 0.6) is 0 Å². The summed E-state index contributed by atoms with van der Waals surface area (Å²) in [5, 5.41) is 0. The van der Waals surface area contributed by atoms with Gasteiger partial charge in [0.25, 0.3) is 0 Å². The molecule has 2 nitrogen and oxygen atoms in total. The number of halogens is 2. The van der Waals surface area contributed by atoms with Crippen LogP contribution in [0.2, 0.25) is 0 Å². The molecule has 0 saturated heterocycles. The molecule has 1 unspecified atom stereocenters. The van der Waals surface area contributed by atoms with Crippen LogP contribution in [0, 0.1) is 5.82 Å². The Bertz CT molecular complexity index is 320. The first-order valence-electron chi connectivity index (χ1n) is 4.66. The van der Waals surface area contributed by atoms with Crippen molar-refractivity contribution in [2.75, 3.05) is 6.61 Å². The molecule has 1 aromatic carbocycles.